The predicted molar refractivity (Wildman–Crippen MR) is 98.8 cm³/mol. The van der Waals surface area contributed by atoms with Crippen LogP contribution in [0, 0.1) is 13.8 Å². The lowest BCUT2D eigenvalue weighted by Gasteiger charge is -2.08. The van der Waals surface area contributed by atoms with Gasteiger partial charge in [-0.1, -0.05) is 28.9 Å². The molecule has 134 valence electrons. The van der Waals surface area contributed by atoms with E-state index >= 15 is 0 Å². The van der Waals surface area contributed by atoms with Gasteiger partial charge in [0.15, 0.2) is 5.82 Å². The van der Waals surface area contributed by atoms with Crippen molar-refractivity contribution in [2.24, 2.45) is 0 Å². The van der Waals surface area contributed by atoms with Crippen molar-refractivity contribution >= 4 is 29.3 Å². The van der Waals surface area contributed by atoms with Crippen LogP contribution in [0.15, 0.2) is 40.9 Å². The number of nitrogens with zero attached hydrogens (tertiary/aromatic N) is 3. The van der Waals surface area contributed by atoms with Crippen molar-refractivity contribution < 1.29 is 9.32 Å². The van der Waals surface area contributed by atoms with Crippen molar-refractivity contribution in [3.05, 3.63) is 64.1 Å². The van der Waals surface area contributed by atoms with Gasteiger partial charge in [0.05, 0.1) is 0 Å². The molecule has 26 heavy (non-hydrogen) atoms. The molecule has 0 unspecified atom stereocenters. The number of benzene rings is 1. The van der Waals surface area contributed by atoms with Gasteiger partial charge in [0, 0.05) is 23.3 Å². The Bertz CT molecular complexity index is 925. The van der Waals surface area contributed by atoms with E-state index in [0.29, 0.717) is 41.2 Å². The minimum atomic E-state index is -0.267. The molecule has 0 saturated carbocycles. The fraction of sp³-hybridized carbons (Fsp3) is 0.222. The number of aromatic nitrogens is 3. The smallest absolute Gasteiger partial charge is 0.270 e. The van der Waals surface area contributed by atoms with Crippen LogP contribution in [0.25, 0.3) is 0 Å². The van der Waals surface area contributed by atoms with E-state index in [1.807, 2.05) is 24.3 Å². The molecular formula is C18H18ClN5O2. The Balaban J connectivity index is 1.63. The summed E-state index contributed by atoms with van der Waals surface area (Å²) in [6.45, 7) is 4.06. The van der Waals surface area contributed by atoms with Crippen molar-refractivity contribution in [3.63, 3.8) is 0 Å². The average molecular weight is 372 g/mol. The molecule has 0 fully saturated rings. The number of hydrogen-bond acceptors (Lipinski definition) is 6. The number of rotatable bonds is 6. The molecule has 0 spiro atoms. The third-order valence-corrected chi connectivity index (χ3v) is 3.78. The summed E-state index contributed by atoms with van der Waals surface area (Å²) in [5.41, 5.74) is 2.01. The Morgan fingerprint density at radius 1 is 1.19 bits per heavy atom. The lowest BCUT2D eigenvalue weighted by atomic mass is 10.1. The summed E-state index contributed by atoms with van der Waals surface area (Å²) < 4.78 is 4.99. The zero-order chi connectivity index (χ0) is 18.5. The van der Waals surface area contributed by atoms with Crippen LogP contribution in [0.3, 0.4) is 0 Å². The molecule has 0 atom stereocenters. The molecule has 1 amide bonds. The van der Waals surface area contributed by atoms with Gasteiger partial charge in [-0.25, -0.2) is 9.97 Å². The maximum atomic E-state index is 12.4. The zero-order valence-corrected chi connectivity index (χ0v) is 15.2. The van der Waals surface area contributed by atoms with Gasteiger partial charge < -0.3 is 15.2 Å². The van der Waals surface area contributed by atoms with Crippen molar-refractivity contribution in [1.29, 1.82) is 0 Å². The molecular weight excluding hydrogens is 354 g/mol. The molecule has 3 aromatic rings. The first-order valence-corrected chi connectivity index (χ1v) is 8.46. The number of carbonyl (C=O) groups is 1. The zero-order valence-electron chi connectivity index (χ0n) is 14.4. The maximum absolute atomic E-state index is 12.4. The molecule has 0 bridgehead atoms. The van der Waals surface area contributed by atoms with Crippen molar-refractivity contribution in [2.45, 2.75) is 20.3 Å². The lowest BCUT2D eigenvalue weighted by Crippen LogP contribution is -2.27. The number of anilines is 2. The normalized spacial score (nSPS) is 10.6. The van der Waals surface area contributed by atoms with Gasteiger partial charge in [-0.15, -0.1) is 0 Å². The first kappa shape index (κ1) is 17.9. The van der Waals surface area contributed by atoms with Crippen LogP contribution in [-0.4, -0.2) is 27.6 Å². The van der Waals surface area contributed by atoms with Crippen LogP contribution in [0.4, 0.5) is 11.8 Å². The van der Waals surface area contributed by atoms with E-state index in [0.717, 1.165) is 5.56 Å². The number of carbonyl (C=O) groups excluding carboxylic acids is 1. The van der Waals surface area contributed by atoms with Crippen LogP contribution in [0.2, 0.25) is 5.02 Å². The monoisotopic (exact) mass is 371 g/mol. The number of aryl methyl sites for hydroxylation is 2. The molecule has 0 radical (unpaired) electrons. The van der Waals surface area contributed by atoms with E-state index in [9.17, 15) is 4.79 Å². The Morgan fingerprint density at radius 2 is 2.04 bits per heavy atom. The molecule has 3 rings (SSSR count). The van der Waals surface area contributed by atoms with Crippen molar-refractivity contribution in [3.8, 4) is 0 Å². The Morgan fingerprint density at radius 3 is 2.77 bits per heavy atom. The summed E-state index contributed by atoms with van der Waals surface area (Å²) in [7, 11) is 0. The highest BCUT2D eigenvalue weighted by molar-refractivity contribution is 6.30. The highest BCUT2D eigenvalue weighted by Gasteiger charge is 2.11. The molecule has 0 aliphatic rings. The highest BCUT2D eigenvalue weighted by Crippen LogP contribution is 2.14. The summed E-state index contributed by atoms with van der Waals surface area (Å²) in [5.74, 6) is 1.18. The van der Waals surface area contributed by atoms with Crippen molar-refractivity contribution in [2.75, 3.05) is 11.9 Å². The van der Waals surface area contributed by atoms with E-state index in [4.69, 9.17) is 16.1 Å². The number of nitrogens with one attached hydrogen (secondary N) is 2. The summed E-state index contributed by atoms with van der Waals surface area (Å²) in [5, 5.41) is 10.3. The fourth-order valence-electron chi connectivity index (χ4n) is 2.38. The minimum absolute atomic E-state index is 0.267. The Kier molecular flexibility index (Phi) is 5.48. The van der Waals surface area contributed by atoms with Crippen molar-refractivity contribution in [1.82, 2.24) is 20.4 Å². The molecule has 2 N–H and O–H groups in total. The topological polar surface area (TPSA) is 92.9 Å². The van der Waals surface area contributed by atoms with E-state index in [-0.39, 0.29) is 11.6 Å². The molecule has 1 aromatic carbocycles. The van der Waals surface area contributed by atoms with Crippen LogP contribution in [0.5, 0.6) is 0 Å². The minimum Gasteiger partial charge on any atom is -0.360 e. The molecule has 0 aliphatic carbocycles. The molecule has 2 heterocycles. The third kappa shape index (κ3) is 4.80. The number of hydrogen-bond donors (Lipinski definition) is 2. The Labute approximate surface area is 155 Å². The predicted octanol–water partition coefficient (Wildman–Crippen LogP) is 3.45. The molecule has 8 heteroatoms. The summed E-state index contributed by atoms with van der Waals surface area (Å²) in [6.07, 6.45) is 0.680. The number of amides is 1. The van der Waals surface area contributed by atoms with E-state index in [1.165, 1.54) is 0 Å². The maximum Gasteiger partial charge on any atom is 0.270 e. The van der Waals surface area contributed by atoms with Gasteiger partial charge in [-0.2, -0.15) is 0 Å². The van der Waals surface area contributed by atoms with E-state index < -0.39 is 0 Å². The second-order valence-corrected chi connectivity index (χ2v) is 6.24. The highest BCUT2D eigenvalue weighted by atomic mass is 35.5. The average Bonchev–Trinajstić information content (AvgIpc) is 2.99. The third-order valence-electron chi connectivity index (χ3n) is 3.54. The first-order chi connectivity index (χ1) is 12.5. The SMILES string of the molecule is Cc1cc(C(=O)NCCc2cccc(Cl)c2)nc(Nc2cc(C)on2)n1. The summed E-state index contributed by atoms with van der Waals surface area (Å²) in [6, 6.07) is 10.9. The second-order valence-electron chi connectivity index (χ2n) is 5.80. The van der Waals surface area contributed by atoms with Gasteiger partial charge >= 0.3 is 0 Å². The summed E-state index contributed by atoms with van der Waals surface area (Å²) >= 11 is 5.96. The van der Waals surface area contributed by atoms with Gasteiger partial charge in [-0.3, -0.25) is 4.79 Å². The van der Waals surface area contributed by atoms with Crippen LogP contribution in [0.1, 0.15) is 27.5 Å². The second kappa shape index (κ2) is 7.97. The molecule has 0 aliphatic heterocycles. The van der Waals surface area contributed by atoms with Gasteiger partial charge in [0.2, 0.25) is 5.95 Å². The summed E-state index contributed by atoms with van der Waals surface area (Å²) in [4.78, 5) is 20.9. The molecule has 0 saturated heterocycles. The van der Waals surface area contributed by atoms with Gasteiger partial charge in [-0.05, 0) is 44.0 Å². The van der Waals surface area contributed by atoms with Crippen LogP contribution >= 0.6 is 11.6 Å². The quantitative estimate of drug-likeness (QED) is 0.689. The van der Waals surface area contributed by atoms with Crippen LogP contribution in [-0.2, 0) is 6.42 Å². The van der Waals surface area contributed by atoms with Gasteiger partial charge in [0.25, 0.3) is 5.91 Å². The number of halogens is 1. The molecule has 2 aromatic heterocycles. The first-order valence-electron chi connectivity index (χ1n) is 8.08. The van der Waals surface area contributed by atoms with E-state index in [1.54, 1.807) is 26.0 Å². The lowest BCUT2D eigenvalue weighted by molar-refractivity contribution is 0.0949. The van der Waals surface area contributed by atoms with Gasteiger partial charge in [0.1, 0.15) is 11.5 Å². The van der Waals surface area contributed by atoms with Crippen LogP contribution < -0.4 is 10.6 Å². The Hall–Kier alpha value is -2.93. The largest absolute Gasteiger partial charge is 0.360 e. The standard InChI is InChI=1S/C18H18ClN5O2/c1-11-8-15(22-18(21-11)23-16-9-12(2)26-24-16)17(25)20-7-6-13-4-3-5-14(19)10-13/h3-5,8-10H,6-7H2,1-2H3,(H,20,25)(H,21,22,23,24). The fourth-order valence-corrected chi connectivity index (χ4v) is 2.60. The molecule has 7 nitrogen and oxygen atoms in total. The van der Waals surface area contributed by atoms with E-state index in [2.05, 4.69) is 25.8 Å².